The number of azo groups is 1. The molecular weight excluding hydrogens is 240 g/mol. The maximum absolute atomic E-state index is 10.9. The van der Waals surface area contributed by atoms with Gasteiger partial charge in [0.05, 0.1) is 10.5 Å². The Bertz CT molecular complexity index is 503. The first-order valence-electron chi connectivity index (χ1n) is 4.84. The standard InChI is InChI=1S/C10H10N4O2S/c1-2-6-7(9-12-13-10(11)17-9)4-3-5-8(6)14(15)16/h2-5,9-10H,1,11H2. The number of nitro groups is 1. The van der Waals surface area contributed by atoms with Crippen LogP contribution in [0.25, 0.3) is 6.08 Å². The molecule has 0 bridgehead atoms. The van der Waals surface area contributed by atoms with Crippen LogP contribution in [-0.4, -0.2) is 10.4 Å². The predicted molar refractivity (Wildman–Crippen MR) is 66.4 cm³/mol. The van der Waals surface area contributed by atoms with Crippen LogP contribution in [0.3, 0.4) is 0 Å². The SMILES string of the molecule is C=Cc1c(C2N=NC(N)S2)cccc1[N+](=O)[O-]. The molecule has 1 aromatic rings. The van der Waals surface area contributed by atoms with Gasteiger partial charge in [-0.1, -0.05) is 36.5 Å². The summed E-state index contributed by atoms with van der Waals surface area (Å²) in [6, 6.07) is 4.84. The van der Waals surface area contributed by atoms with Crippen molar-refractivity contribution in [2.45, 2.75) is 10.9 Å². The molecule has 7 heteroatoms. The Hall–Kier alpha value is -1.73. The normalized spacial score (nSPS) is 22.6. The number of hydrogen-bond acceptors (Lipinski definition) is 6. The topological polar surface area (TPSA) is 93.9 Å². The van der Waals surface area contributed by atoms with Gasteiger partial charge in [0.1, 0.15) is 5.37 Å². The van der Waals surface area contributed by atoms with E-state index in [9.17, 15) is 10.1 Å². The van der Waals surface area contributed by atoms with E-state index in [-0.39, 0.29) is 11.1 Å². The Balaban J connectivity index is 2.47. The molecule has 0 aromatic heterocycles. The summed E-state index contributed by atoms with van der Waals surface area (Å²) in [5.41, 5.74) is 6.40. The summed E-state index contributed by atoms with van der Waals surface area (Å²) in [5, 5.41) is 18.4. The molecule has 0 spiro atoms. The second kappa shape index (κ2) is 4.64. The molecule has 0 saturated carbocycles. The number of nitrogens with zero attached hydrogens (tertiary/aromatic N) is 3. The summed E-state index contributed by atoms with van der Waals surface area (Å²) in [4.78, 5) is 10.5. The van der Waals surface area contributed by atoms with E-state index in [1.54, 1.807) is 12.1 Å². The van der Waals surface area contributed by atoms with Crippen molar-refractivity contribution in [3.8, 4) is 0 Å². The van der Waals surface area contributed by atoms with Crippen molar-refractivity contribution < 1.29 is 4.92 Å². The maximum Gasteiger partial charge on any atom is 0.276 e. The van der Waals surface area contributed by atoms with Crippen molar-refractivity contribution in [3.05, 3.63) is 46.0 Å². The van der Waals surface area contributed by atoms with Crippen molar-refractivity contribution in [1.82, 2.24) is 0 Å². The molecule has 0 fully saturated rings. The lowest BCUT2D eigenvalue weighted by atomic mass is 10.1. The summed E-state index contributed by atoms with van der Waals surface area (Å²) >= 11 is 1.34. The Labute approximate surface area is 102 Å². The average Bonchev–Trinajstić information content (AvgIpc) is 2.74. The lowest BCUT2D eigenvalue weighted by molar-refractivity contribution is -0.385. The van der Waals surface area contributed by atoms with Crippen molar-refractivity contribution in [2.75, 3.05) is 0 Å². The first kappa shape index (κ1) is 11.7. The zero-order valence-corrected chi connectivity index (χ0v) is 9.63. The second-order valence-electron chi connectivity index (χ2n) is 3.35. The fraction of sp³-hybridized carbons (Fsp3) is 0.200. The Morgan fingerprint density at radius 3 is 2.82 bits per heavy atom. The Morgan fingerprint density at radius 2 is 2.29 bits per heavy atom. The van der Waals surface area contributed by atoms with Crippen LogP contribution in [-0.2, 0) is 0 Å². The van der Waals surface area contributed by atoms with Crippen LogP contribution in [0, 0.1) is 10.1 Å². The first-order chi connectivity index (χ1) is 8.13. The van der Waals surface area contributed by atoms with Crippen molar-refractivity contribution in [1.29, 1.82) is 0 Å². The van der Waals surface area contributed by atoms with E-state index in [1.165, 1.54) is 23.9 Å². The van der Waals surface area contributed by atoms with Crippen molar-refractivity contribution in [3.63, 3.8) is 0 Å². The molecule has 0 radical (unpaired) electrons. The van der Waals surface area contributed by atoms with E-state index >= 15 is 0 Å². The van der Waals surface area contributed by atoms with Gasteiger partial charge in [0.25, 0.3) is 5.69 Å². The monoisotopic (exact) mass is 250 g/mol. The Kier molecular flexibility index (Phi) is 3.21. The van der Waals surface area contributed by atoms with Gasteiger partial charge in [-0.3, -0.25) is 15.8 Å². The highest BCUT2D eigenvalue weighted by molar-refractivity contribution is 8.00. The summed E-state index contributed by atoms with van der Waals surface area (Å²) in [6.07, 6.45) is 1.47. The predicted octanol–water partition coefficient (Wildman–Crippen LogP) is 2.68. The fourth-order valence-electron chi connectivity index (χ4n) is 1.62. The van der Waals surface area contributed by atoms with E-state index in [4.69, 9.17) is 5.73 Å². The summed E-state index contributed by atoms with van der Waals surface area (Å²) in [7, 11) is 0. The number of rotatable bonds is 3. The molecule has 1 aliphatic rings. The number of nitrogens with two attached hydrogens (primary N) is 1. The van der Waals surface area contributed by atoms with E-state index < -0.39 is 10.4 Å². The third kappa shape index (κ3) is 2.20. The second-order valence-corrected chi connectivity index (χ2v) is 4.55. The molecule has 1 aromatic carbocycles. The molecule has 1 heterocycles. The minimum Gasteiger partial charge on any atom is -0.300 e. The van der Waals surface area contributed by atoms with E-state index in [2.05, 4.69) is 16.8 Å². The van der Waals surface area contributed by atoms with Crippen LogP contribution >= 0.6 is 11.8 Å². The largest absolute Gasteiger partial charge is 0.300 e. The highest BCUT2D eigenvalue weighted by Crippen LogP contribution is 2.41. The number of thioether (sulfide) groups is 1. The first-order valence-corrected chi connectivity index (χ1v) is 5.78. The quantitative estimate of drug-likeness (QED) is 0.659. The van der Waals surface area contributed by atoms with E-state index in [0.29, 0.717) is 5.56 Å². The van der Waals surface area contributed by atoms with Gasteiger partial charge >= 0.3 is 0 Å². The minimum absolute atomic E-state index is 0.0220. The molecule has 2 unspecified atom stereocenters. The zero-order valence-electron chi connectivity index (χ0n) is 8.81. The molecule has 0 amide bonds. The minimum atomic E-state index is -0.433. The van der Waals surface area contributed by atoms with Gasteiger partial charge in [0, 0.05) is 11.6 Å². The van der Waals surface area contributed by atoms with Gasteiger partial charge in [0.2, 0.25) is 0 Å². The molecule has 2 atom stereocenters. The molecule has 6 nitrogen and oxygen atoms in total. The molecule has 2 N–H and O–H groups in total. The molecule has 2 rings (SSSR count). The summed E-state index contributed by atoms with van der Waals surface area (Å²) < 4.78 is 0. The third-order valence-corrected chi connectivity index (χ3v) is 3.32. The third-order valence-electron chi connectivity index (χ3n) is 2.34. The van der Waals surface area contributed by atoms with Crippen LogP contribution in [0.4, 0.5) is 5.69 Å². The average molecular weight is 250 g/mol. The number of nitro benzene ring substituents is 1. The number of benzene rings is 1. The van der Waals surface area contributed by atoms with Gasteiger partial charge in [-0.25, -0.2) is 0 Å². The molecule has 17 heavy (non-hydrogen) atoms. The van der Waals surface area contributed by atoms with Gasteiger partial charge in [0.15, 0.2) is 5.50 Å². The highest BCUT2D eigenvalue weighted by Gasteiger charge is 2.26. The highest BCUT2D eigenvalue weighted by atomic mass is 32.2. The van der Waals surface area contributed by atoms with Gasteiger partial charge in [-0.15, -0.1) is 0 Å². The van der Waals surface area contributed by atoms with Crippen molar-refractivity contribution in [2.24, 2.45) is 16.0 Å². The van der Waals surface area contributed by atoms with Crippen molar-refractivity contribution >= 4 is 23.5 Å². The molecule has 1 aliphatic heterocycles. The van der Waals surface area contributed by atoms with E-state index in [0.717, 1.165) is 5.56 Å². The molecular formula is C10H10N4O2S. The molecule has 0 aliphatic carbocycles. The van der Waals surface area contributed by atoms with Crippen LogP contribution < -0.4 is 5.73 Å². The maximum atomic E-state index is 10.9. The van der Waals surface area contributed by atoms with Gasteiger partial charge in [-0.05, 0) is 0 Å². The lowest BCUT2D eigenvalue weighted by Gasteiger charge is -2.09. The zero-order chi connectivity index (χ0) is 12.4. The van der Waals surface area contributed by atoms with Crippen LogP contribution in [0.5, 0.6) is 0 Å². The summed E-state index contributed by atoms with van der Waals surface area (Å²) in [6.45, 7) is 3.61. The Morgan fingerprint density at radius 1 is 1.53 bits per heavy atom. The summed E-state index contributed by atoms with van der Waals surface area (Å²) in [5.74, 6) is 0. The van der Waals surface area contributed by atoms with Crippen LogP contribution in [0.2, 0.25) is 0 Å². The smallest absolute Gasteiger partial charge is 0.276 e. The fourth-order valence-corrected chi connectivity index (χ4v) is 2.45. The van der Waals surface area contributed by atoms with Crippen LogP contribution in [0.1, 0.15) is 16.5 Å². The number of hydrogen-bond donors (Lipinski definition) is 1. The van der Waals surface area contributed by atoms with E-state index in [1.807, 2.05) is 0 Å². The van der Waals surface area contributed by atoms with Crippen LogP contribution in [0.15, 0.2) is 35.0 Å². The lowest BCUT2D eigenvalue weighted by Crippen LogP contribution is -2.08. The van der Waals surface area contributed by atoms with Gasteiger partial charge < -0.3 is 0 Å². The molecule has 0 saturated heterocycles. The van der Waals surface area contributed by atoms with Gasteiger partial charge in [-0.2, -0.15) is 10.2 Å². The molecule has 88 valence electrons.